The molecule has 1 aromatic carbocycles. The topological polar surface area (TPSA) is 71.5 Å². The van der Waals surface area contributed by atoms with Gasteiger partial charge in [0.05, 0.1) is 15.7 Å². The number of hydrogen-bond acceptors (Lipinski definition) is 5. The maximum atomic E-state index is 12.1. The number of hydrogen-bond donors (Lipinski definition) is 1. The Bertz CT molecular complexity index is 644. The Morgan fingerprint density at radius 1 is 1.31 bits per heavy atom. The fourth-order valence-corrected chi connectivity index (χ4v) is 2.31. The maximum absolute atomic E-state index is 12.1. The highest BCUT2D eigenvalue weighted by Gasteiger charge is 2.15. The van der Waals surface area contributed by atoms with Crippen LogP contribution in [0.1, 0.15) is 16.2 Å². The van der Waals surface area contributed by atoms with Crippen LogP contribution in [-0.2, 0) is 0 Å². The first kappa shape index (κ1) is 9.17. The van der Waals surface area contributed by atoms with Crippen LogP contribution in [0, 0.1) is 0 Å². The van der Waals surface area contributed by atoms with Crippen LogP contribution < -0.4 is 0 Å². The van der Waals surface area contributed by atoms with Gasteiger partial charge < -0.3 is 0 Å². The Labute approximate surface area is 94.2 Å². The summed E-state index contributed by atoms with van der Waals surface area (Å²) in [5, 5.41) is 6.23. The van der Waals surface area contributed by atoms with E-state index in [4.69, 9.17) is 0 Å². The minimum atomic E-state index is -0.160. The van der Waals surface area contributed by atoms with Crippen LogP contribution in [-0.4, -0.2) is 25.9 Å². The van der Waals surface area contributed by atoms with Crippen LogP contribution in [0.4, 0.5) is 0 Å². The number of H-pyrrole nitrogens is 1. The number of nitrogens with one attached hydrogen (secondary N) is 1. The predicted molar refractivity (Wildman–Crippen MR) is 59.4 cm³/mol. The largest absolute Gasteiger partial charge is 0.285 e. The van der Waals surface area contributed by atoms with E-state index in [9.17, 15) is 4.79 Å². The van der Waals surface area contributed by atoms with E-state index < -0.39 is 0 Å². The van der Waals surface area contributed by atoms with E-state index in [0.717, 1.165) is 10.2 Å². The SMILES string of the molecule is O=C(c1ncn[nH]1)c1cccc2ncsc12. The zero-order valence-electron chi connectivity index (χ0n) is 8.04. The van der Waals surface area contributed by atoms with Crippen molar-refractivity contribution in [2.24, 2.45) is 0 Å². The number of ketones is 1. The first-order valence-corrected chi connectivity index (χ1v) is 5.46. The lowest BCUT2D eigenvalue weighted by molar-refractivity contribution is 0.103. The second kappa shape index (κ2) is 3.49. The second-order valence-corrected chi connectivity index (χ2v) is 4.02. The quantitative estimate of drug-likeness (QED) is 0.679. The minimum Gasteiger partial charge on any atom is -0.285 e. The van der Waals surface area contributed by atoms with Crippen molar-refractivity contribution in [3.63, 3.8) is 0 Å². The molecule has 5 nitrogen and oxygen atoms in total. The standard InChI is InChI=1S/C10H6N4OS/c15-8(10-11-4-13-14-10)6-2-1-3-7-9(6)16-5-12-7/h1-5H,(H,11,13,14). The van der Waals surface area contributed by atoms with E-state index in [1.165, 1.54) is 17.7 Å². The zero-order chi connectivity index (χ0) is 11.0. The van der Waals surface area contributed by atoms with Crippen molar-refractivity contribution in [2.75, 3.05) is 0 Å². The molecule has 3 rings (SSSR count). The smallest absolute Gasteiger partial charge is 0.231 e. The Morgan fingerprint density at radius 2 is 2.25 bits per heavy atom. The van der Waals surface area contributed by atoms with Gasteiger partial charge in [-0.15, -0.1) is 11.3 Å². The molecule has 0 saturated carbocycles. The third-order valence-corrected chi connectivity index (χ3v) is 3.11. The third-order valence-electron chi connectivity index (χ3n) is 2.23. The minimum absolute atomic E-state index is 0.160. The van der Waals surface area contributed by atoms with E-state index in [2.05, 4.69) is 20.2 Å². The first-order chi connectivity index (χ1) is 7.86. The van der Waals surface area contributed by atoms with Gasteiger partial charge in [-0.25, -0.2) is 9.97 Å². The van der Waals surface area contributed by atoms with E-state index in [0.29, 0.717) is 5.56 Å². The van der Waals surface area contributed by atoms with Gasteiger partial charge in [-0.3, -0.25) is 9.89 Å². The molecular formula is C10H6N4OS. The fraction of sp³-hybridized carbons (Fsp3) is 0. The van der Waals surface area contributed by atoms with Crippen LogP contribution in [0.3, 0.4) is 0 Å². The Hall–Kier alpha value is -2.08. The first-order valence-electron chi connectivity index (χ1n) is 4.58. The normalized spacial score (nSPS) is 10.8. The highest BCUT2D eigenvalue weighted by Crippen LogP contribution is 2.23. The summed E-state index contributed by atoms with van der Waals surface area (Å²) in [6.07, 6.45) is 1.32. The van der Waals surface area contributed by atoms with Gasteiger partial charge in [0.1, 0.15) is 6.33 Å². The molecule has 2 aromatic heterocycles. The number of aromatic nitrogens is 4. The number of aromatic amines is 1. The fourth-order valence-electron chi connectivity index (χ4n) is 1.51. The van der Waals surface area contributed by atoms with Gasteiger partial charge in [-0.1, -0.05) is 6.07 Å². The summed E-state index contributed by atoms with van der Waals surface area (Å²) >= 11 is 1.45. The molecule has 2 heterocycles. The lowest BCUT2D eigenvalue weighted by atomic mass is 10.1. The summed E-state index contributed by atoms with van der Waals surface area (Å²) in [4.78, 5) is 20.1. The lowest BCUT2D eigenvalue weighted by Gasteiger charge is -1.97. The molecule has 0 aliphatic carbocycles. The van der Waals surface area contributed by atoms with Crippen molar-refractivity contribution >= 4 is 27.3 Å². The van der Waals surface area contributed by atoms with Gasteiger partial charge in [-0.05, 0) is 12.1 Å². The number of rotatable bonds is 2. The van der Waals surface area contributed by atoms with Crippen molar-refractivity contribution in [3.05, 3.63) is 41.4 Å². The van der Waals surface area contributed by atoms with E-state index in [1.54, 1.807) is 11.6 Å². The number of thiazole rings is 1. The van der Waals surface area contributed by atoms with E-state index >= 15 is 0 Å². The molecule has 0 atom stereocenters. The lowest BCUT2D eigenvalue weighted by Crippen LogP contribution is -2.03. The van der Waals surface area contributed by atoms with Crippen molar-refractivity contribution in [1.82, 2.24) is 20.2 Å². The van der Waals surface area contributed by atoms with Crippen LogP contribution in [0.2, 0.25) is 0 Å². The molecule has 3 aromatic rings. The number of nitrogens with zero attached hydrogens (tertiary/aromatic N) is 3. The van der Waals surface area contributed by atoms with Crippen LogP contribution >= 0.6 is 11.3 Å². The summed E-state index contributed by atoms with van der Waals surface area (Å²) in [6.45, 7) is 0. The molecule has 0 bridgehead atoms. The van der Waals surface area contributed by atoms with Gasteiger partial charge >= 0.3 is 0 Å². The monoisotopic (exact) mass is 230 g/mol. The van der Waals surface area contributed by atoms with Crippen LogP contribution in [0.15, 0.2) is 30.0 Å². The average molecular weight is 230 g/mol. The van der Waals surface area contributed by atoms with Crippen molar-refractivity contribution in [1.29, 1.82) is 0 Å². The summed E-state index contributed by atoms with van der Waals surface area (Å²) in [5.41, 5.74) is 3.16. The van der Waals surface area contributed by atoms with Gasteiger partial charge in [-0.2, -0.15) is 5.10 Å². The zero-order valence-corrected chi connectivity index (χ0v) is 8.86. The third kappa shape index (κ3) is 1.31. The average Bonchev–Trinajstić information content (AvgIpc) is 2.98. The Kier molecular flexibility index (Phi) is 2.00. The molecule has 0 aliphatic rings. The number of carbonyl (C=O) groups excluding carboxylic acids is 1. The molecule has 0 saturated heterocycles. The maximum Gasteiger partial charge on any atom is 0.231 e. The second-order valence-electron chi connectivity index (χ2n) is 3.17. The summed E-state index contributed by atoms with van der Waals surface area (Å²) in [5.74, 6) is 0.0910. The van der Waals surface area contributed by atoms with Crippen molar-refractivity contribution in [2.45, 2.75) is 0 Å². The summed E-state index contributed by atoms with van der Waals surface area (Å²) < 4.78 is 0.879. The highest BCUT2D eigenvalue weighted by molar-refractivity contribution is 7.17. The molecular weight excluding hydrogens is 224 g/mol. The molecule has 0 aliphatic heterocycles. The Balaban J connectivity index is 2.19. The van der Waals surface area contributed by atoms with Crippen molar-refractivity contribution in [3.8, 4) is 0 Å². The predicted octanol–water partition coefficient (Wildman–Crippen LogP) is 1.65. The van der Waals surface area contributed by atoms with Crippen molar-refractivity contribution < 1.29 is 4.79 Å². The summed E-state index contributed by atoms with van der Waals surface area (Å²) in [7, 11) is 0. The molecule has 0 unspecified atom stereocenters. The molecule has 1 N–H and O–H groups in total. The van der Waals surface area contributed by atoms with E-state index in [-0.39, 0.29) is 11.6 Å². The highest BCUT2D eigenvalue weighted by atomic mass is 32.1. The van der Waals surface area contributed by atoms with Gasteiger partial charge in [0.2, 0.25) is 5.78 Å². The van der Waals surface area contributed by atoms with Gasteiger partial charge in [0.15, 0.2) is 5.82 Å². The molecule has 0 amide bonds. The molecule has 0 radical (unpaired) electrons. The van der Waals surface area contributed by atoms with E-state index in [1.807, 2.05) is 12.1 Å². The molecule has 6 heteroatoms. The number of benzene rings is 1. The molecule has 78 valence electrons. The summed E-state index contributed by atoms with van der Waals surface area (Å²) in [6, 6.07) is 5.46. The molecule has 0 fully saturated rings. The van der Waals surface area contributed by atoms with Crippen LogP contribution in [0.5, 0.6) is 0 Å². The van der Waals surface area contributed by atoms with Crippen LogP contribution in [0.25, 0.3) is 10.2 Å². The molecule has 0 spiro atoms. The Morgan fingerprint density at radius 3 is 3.06 bits per heavy atom. The van der Waals surface area contributed by atoms with Gasteiger partial charge in [0.25, 0.3) is 0 Å². The van der Waals surface area contributed by atoms with Gasteiger partial charge in [0, 0.05) is 5.56 Å². The number of carbonyl (C=O) groups is 1. The molecule has 16 heavy (non-hydrogen) atoms. The number of fused-ring (bicyclic) bond motifs is 1.